The molecule has 2 aromatic rings. The number of ether oxygens (including phenoxy) is 1. The molecule has 0 saturated carbocycles. The van der Waals surface area contributed by atoms with Crippen LogP contribution in [0, 0.1) is 11.3 Å². The molecule has 3 N–H and O–H groups in total. The first kappa shape index (κ1) is 15.3. The van der Waals surface area contributed by atoms with Crippen LogP contribution < -0.4 is 11.3 Å². The largest absolute Gasteiger partial charge is 0.462 e. The summed E-state index contributed by atoms with van der Waals surface area (Å²) >= 11 is 0. The average molecular weight is 299 g/mol. The fraction of sp³-hybridized carbons (Fsp3) is 0.200. The highest BCUT2D eigenvalue weighted by molar-refractivity contribution is 6.01. The van der Waals surface area contributed by atoms with Crippen LogP contribution in [0.3, 0.4) is 0 Å². The van der Waals surface area contributed by atoms with Gasteiger partial charge in [-0.1, -0.05) is 18.2 Å². The Morgan fingerprint density at radius 1 is 1.41 bits per heavy atom. The van der Waals surface area contributed by atoms with Crippen LogP contribution in [0.4, 0.5) is 0 Å². The lowest BCUT2D eigenvalue weighted by atomic mass is 9.91. The van der Waals surface area contributed by atoms with Crippen molar-refractivity contribution in [1.82, 2.24) is 4.98 Å². The number of amides is 1. The van der Waals surface area contributed by atoms with Crippen LogP contribution in [0.15, 0.2) is 29.1 Å². The van der Waals surface area contributed by atoms with E-state index in [0.717, 1.165) is 0 Å². The summed E-state index contributed by atoms with van der Waals surface area (Å²) in [6, 6.07) is 8.27. The topological polar surface area (TPSA) is 126 Å². The van der Waals surface area contributed by atoms with Gasteiger partial charge in [-0.15, -0.1) is 0 Å². The van der Waals surface area contributed by atoms with Crippen LogP contribution in [0.5, 0.6) is 0 Å². The van der Waals surface area contributed by atoms with E-state index in [4.69, 9.17) is 10.5 Å². The number of rotatable bonds is 4. The zero-order valence-electron chi connectivity index (χ0n) is 11.8. The first-order chi connectivity index (χ1) is 10.5. The highest BCUT2D eigenvalue weighted by Crippen LogP contribution is 2.26. The Balaban J connectivity index is 2.91. The maximum absolute atomic E-state index is 12.2. The van der Waals surface area contributed by atoms with Gasteiger partial charge in [0.25, 0.3) is 5.56 Å². The number of primary amides is 1. The van der Waals surface area contributed by atoms with E-state index in [0.29, 0.717) is 10.9 Å². The van der Waals surface area contributed by atoms with E-state index in [1.807, 2.05) is 0 Å². The smallest absolute Gasteiger partial charge is 0.344 e. The van der Waals surface area contributed by atoms with Crippen molar-refractivity contribution < 1.29 is 14.3 Å². The first-order valence-corrected chi connectivity index (χ1v) is 6.52. The number of nitrogens with zero attached hydrogens (tertiary/aromatic N) is 1. The van der Waals surface area contributed by atoms with Gasteiger partial charge < -0.3 is 15.5 Å². The minimum absolute atomic E-state index is 0.0206. The Bertz CT molecular complexity index is 848. The van der Waals surface area contributed by atoms with Crippen molar-refractivity contribution in [3.05, 3.63) is 45.7 Å². The summed E-state index contributed by atoms with van der Waals surface area (Å²) < 4.78 is 4.85. The molecule has 0 aliphatic heterocycles. The molecule has 1 atom stereocenters. The lowest BCUT2D eigenvalue weighted by Gasteiger charge is -2.13. The number of carbonyl (C=O) groups is 2. The maximum Gasteiger partial charge on any atom is 0.344 e. The van der Waals surface area contributed by atoms with Gasteiger partial charge in [-0.05, 0) is 13.0 Å². The third-order valence-corrected chi connectivity index (χ3v) is 3.14. The van der Waals surface area contributed by atoms with Crippen LogP contribution >= 0.6 is 0 Å². The van der Waals surface area contributed by atoms with Crippen molar-refractivity contribution in [3.63, 3.8) is 0 Å². The molecule has 0 spiro atoms. The molecule has 0 unspecified atom stereocenters. The molecular formula is C15H13N3O4. The highest BCUT2D eigenvalue weighted by atomic mass is 16.5. The Morgan fingerprint density at radius 3 is 2.68 bits per heavy atom. The Labute approximate surface area is 125 Å². The lowest BCUT2D eigenvalue weighted by molar-refractivity contribution is -0.118. The monoisotopic (exact) mass is 299 g/mol. The van der Waals surface area contributed by atoms with Gasteiger partial charge in [0.2, 0.25) is 5.91 Å². The highest BCUT2D eigenvalue weighted by Gasteiger charge is 2.29. The number of H-pyrrole nitrogens is 1. The Kier molecular flexibility index (Phi) is 4.23. The number of esters is 1. The molecule has 7 nitrogen and oxygen atoms in total. The standard InChI is InChI=1S/C15H13N3O4/c1-2-22-15(21)12-11(9(7-16)13(17)19)8-5-3-4-6-10(8)18-14(12)20/h3-6,9H,2H2,1H3,(H2,17,19)(H,18,20)/t9-/m0/s1. The first-order valence-electron chi connectivity index (χ1n) is 6.52. The molecule has 0 aliphatic rings. The van der Waals surface area contributed by atoms with Gasteiger partial charge in [0.05, 0.1) is 12.7 Å². The van der Waals surface area contributed by atoms with Gasteiger partial charge in [0.15, 0.2) is 5.92 Å². The molecule has 1 aromatic heterocycles. The maximum atomic E-state index is 12.2. The molecule has 0 radical (unpaired) electrons. The molecule has 1 amide bonds. The van der Waals surface area contributed by atoms with E-state index < -0.39 is 23.4 Å². The molecule has 2 rings (SSSR count). The van der Waals surface area contributed by atoms with Crippen LogP contribution in [0.25, 0.3) is 10.9 Å². The summed E-state index contributed by atoms with van der Waals surface area (Å²) in [4.78, 5) is 38.4. The van der Waals surface area contributed by atoms with Crippen LogP contribution in [-0.4, -0.2) is 23.5 Å². The van der Waals surface area contributed by atoms with Crippen molar-refractivity contribution in [2.24, 2.45) is 5.73 Å². The van der Waals surface area contributed by atoms with Crippen molar-refractivity contribution in [2.75, 3.05) is 6.61 Å². The number of aromatic nitrogens is 1. The molecule has 1 aromatic carbocycles. The van der Waals surface area contributed by atoms with Crippen LogP contribution in [-0.2, 0) is 9.53 Å². The molecule has 0 saturated heterocycles. The van der Waals surface area contributed by atoms with Crippen LogP contribution in [0.1, 0.15) is 28.8 Å². The fourth-order valence-corrected chi connectivity index (χ4v) is 2.24. The van der Waals surface area contributed by atoms with Crippen molar-refractivity contribution in [2.45, 2.75) is 12.8 Å². The van der Waals surface area contributed by atoms with Gasteiger partial charge in [0, 0.05) is 16.5 Å². The number of carbonyl (C=O) groups excluding carboxylic acids is 2. The third-order valence-electron chi connectivity index (χ3n) is 3.14. The SMILES string of the molecule is CCOC(=O)c1c([C@H](C#N)C(N)=O)c2ccccc2[nH]c1=O. The number of hydrogen-bond donors (Lipinski definition) is 2. The van der Waals surface area contributed by atoms with E-state index in [-0.39, 0.29) is 17.7 Å². The summed E-state index contributed by atoms with van der Waals surface area (Å²) in [5.74, 6) is -3.26. The summed E-state index contributed by atoms with van der Waals surface area (Å²) in [7, 11) is 0. The second kappa shape index (κ2) is 6.10. The van der Waals surface area contributed by atoms with Crippen molar-refractivity contribution in [3.8, 4) is 6.07 Å². The van der Waals surface area contributed by atoms with Gasteiger partial charge >= 0.3 is 5.97 Å². The van der Waals surface area contributed by atoms with E-state index in [1.54, 1.807) is 37.3 Å². The quantitative estimate of drug-likeness (QED) is 0.807. The molecule has 1 heterocycles. The van der Waals surface area contributed by atoms with E-state index in [2.05, 4.69) is 4.98 Å². The number of nitriles is 1. The Hall–Kier alpha value is -3.14. The number of nitrogens with one attached hydrogen (secondary N) is 1. The number of para-hydroxylation sites is 1. The molecule has 0 aliphatic carbocycles. The van der Waals surface area contributed by atoms with Gasteiger partial charge in [-0.3, -0.25) is 9.59 Å². The molecule has 0 fully saturated rings. The van der Waals surface area contributed by atoms with Crippen molar-refractivity contribution >= 4 is 22.8 Å². The molecular weight excluding hydrogens is 286 g/mol. The zero-order valence-corrected chi connectivity index (χ0v) is 11.8. The average Bonchev–Trinajstić information content (AvgIpc) is 2.47. The number of benzene rings is 1. The molecule has 0 bridgehead atoms. The number of hydrogen-bond acceptors (Lipinski definition) is 5. The zero-order chi connectivity index (χ0) is 16.3. The summed E-state index contributed by atoms with van der Waals surface area (Å²) in [5, 5.41) is 9.62. The van der Waals surface area contributed by atoms with E-state index >= 15 is 0 Å². The van der Waals surface area contributed by atoms with Crippen LogP contribution in [0.2, 0.25) is 0 Å². The van der Waals surface area contributed by atoms with E-state index in [9.17, 15) is 19.6 Å². The number of pyridine rings is 1. The molecule has 22 heavy (non-hydrogen) atoms. The molecule has 7 heteroatoms. The molecule has 112 valence electrons. The summed E-state index contributed by atoms with van der Waals surface area (Å²) in [6.45, 7) is 1.64. The number of fused-ring (bicyclic) bond motifs is 1. The minimum Gasteiger partial charge on any atom is -0.462 e. The second-order valence-corrected chi connectivity index (χ2v) is 4.47. The number of nitrogens with two attached hydrogens (primary N) is 1. The fourth-order valence-electron chi connectivity index (χ4n) is 2.24. The predicted molar refractivity (Wildman–Crippen MR) is 78.1 cm³/mol. The third kappa shape index (κ3) is 2.54. The normalized spacial score (nSPS) is 11.6. The predicted octanol–water partition coefficient (Wildman–Crippen LogP) is 0.797. The van der Waals surface area contributed by atoms with Gasteiger partial charge in [-0.25, -0.2) is 4.79 Å². The van der Waals surface area contributed by atoms with Gasteiger partial charge in [0.1, 0.15) is 5.56 Å². The van der Waals surface area contributed by atoms with Crippen molar-refractivity contribution in [1.29, 1.82) is 5.26 Å². The Morgan fingerprint density at radius 2 is 2.09 bits per heavy atom. The summed E-state index contributed by atoms with van der Waals surface area (Å²) in [6.07, 6.45) is 0. The van der Waals surface area contributed by atoms with Gasteiger partial charge in [-0.2, -0.15) is 5.26 Å². The number of aromatic amines is 1. The second-order valence-electron chi connectivity index (χ2n) is 4.47. The van der Waals surface area contributed by atoms with E-state index in [1.165, 1.54) is 0 Å². The summed E-state index contributed by atoms with van der Waals surface area (Å²) in [5.41, 5.74) is 4.52. The minimum atomic E-state index is -1.42. The lowest BCUT2D eigenvalue weighted by Crippen LogP contribution is -2.28.